The quantitative estimate of drug-likeness (QED) is 0.240. The van der Waals surface area contributed by atoms with E-state index in [9.17, 15) is 5.26 Å². The van der Waals surface area contributed by atoms with Crippen molar-refractivity contribution in [3.63, 3.8) is 0 Å². The van der Waals surface area contributed by atoms with Crippen LogP contribution in [0.4, 0.5) is 0 Å². The fourth-order valence-corrected chi connectivity index (χ4v) is 6.33. The zero-order valence-electron chi connectivity index (χ0n) is 22.2. The van der Waals surface area contributed by atoms with E-state index < -0.39 is 0 Å². The summed E-state index contributed by atoms with van der Waals surface area (Å²) in [6.45, 7) is 6.70. The second-order valence-corrected chi connectivity index (χ2v) is 10.7. The summed E-state index contributed by atoms with van der Waals surface area (Å²) in [5.74, 6) is 0.630. The van der Waals surface area contributed by atoms with Gasteiger partial charge >= 0.3 is 0 Å². The Morgan fingerprint density at radius 2 is 1.62 bits per heavy atom. The van der Waals surface area contributed by atoms with Crippen LogP contribution in [0.25, 0.3) is 44.3 Å². The highest BCUT2D eigenvalue weighted by molar-refractivity contribution is 6.13. The van der Waals surface area contributed by atoms with E-state index in [0.717, 1.165) is 38.6 Å². The van der Waals surface area contributed by atoms with Gasteiger partial charge in [-0.15, -0.1) is 0 Å². The Morgan fingerprint density at radius 1 is 0.865 bits per heavy atom. The molecule has 3 heteroatoms. The minimum absolute atomic E-state index is 0.630. The van der Waals surface area contributed by atoms with Crippen molar-refractivity contribution in [3.05, 3.63) is 88.6 Å². The summed E-state index contributed by atoms with van der Waals surface area (Å²) in [7, 11) is 2.17. The molecule has 0 radical (unpaired) electrons. The van der Waals surface area contributed by atoms with Gasteiger partial charge < -0.3 is 4.42 Å². The largest absolute Gasteiger partial charge is 0.454 e. The first-order chi connectivity index (χ1) is 18.0. The van der Waals surface area contributed by atoms with Crippen LogP contribution in [-0.2, 0) is 7.05 Å². The van der Waals surface area contributed by atoms with Gasteiger partial charge in [-0.1, -0.05) is 61.7 Å². The number of aryl methyl sites for hydroxylation is 1. The first-order valence-electron chi connectivity index (χ1n) is 13.4. The van der Waals surface area contributed by atoms with Gasteiger partial charge in [-0.2, -0.15) is 9.83 Å². The molecule has 0 spiro atoms. The van der Waals surface area contributed by atoms with Crippen LogP contribution >= 0.6 is 0 Å². The van der Waals surface area contributed by atoms with Gasteiger partial charge in [0, 0.05) is 34.9 Å². The minimum atomic E-state index is 0.630. The van der Waals surface area contributed by atoms with Crippen LogP contribution in [0, 0.1) is 32.1 Å². The maximum Gasteiger partial charge on any atom is 0.216 e. The lowest BCUT2D eigenvalue weighted by Crippen LogP contribution is -2.36. The standard InChI is InChI=1S/C34H33N2O/c1-21-15-16-27-30-18-24(20-35)17-29(26-13-9-6-10-14-26)33(30)37-34(27)32(21)31-19-28(22(2)23(3)36(31)4)25-11-7-5-8-12-25/h6,9-10,13-19,25H,5,7-8,11-12H2,1-4H3/q+1. The molecular formula is C34H33N2O+. The van der Waals surface area contributed by atoms with E-state index in [2.05, 4.69) is 68.8 Å². The summed E-state index contributed by atoms with van der Waals surface area (Å²) in [6.07, 6.45) is 6.55. The molecule has 0 bridgehead atoms. The third-order valence-electron chi connectivity index (χ3n) is 8.60. The van der Waals surface area contributed by atoms with Gasteiger partial charge in [0.2, 0.25) is 5.69 Å². The molecule has 1 saturated carbocycles. The molecule has 6 rings (SSSR count). The van der Waals surface area contributed by atoms with E-state index in [1.54, 1.807) is 0 Å². The van der Waals surface area contributed by atoms with Gasteiger partial charge in [0.05, 0.1) is 17.2 Å². The third kappa shape index (κ3) is 3.83. The predicted molar refractivity (Wildman–Crippen MR) is 151 cm³/mol. The highest BCUT2D eigenvalue weighted by Crippen LogP contribution is 2.42. The lowest BCUT2D eigenvalue weighted by atomic mass is 9.81. The van der Waals surface area contributed by atoms with E-state index in [1.807, 2.05) is 30.3 Å². The Balaban J connectivity index is 1.66. The average Bonchev–Trinajstić information content (AvgIpc) is 3.31. The molecule has 3 aromatic carbocycles. The van der Waals surface area contributed by atoms with E-state index in [0.29, 0.717) is 11.5 Å². The maximum atomic E-state index is 9.82. The molecule has 5 aromatic rings. The van der Waals surface area contributed by atoms with Gasteiger partial charge in [0.1, 0.15) is 18.2 Å². The number of hydrogen-bond acceptors (Lipinski definition) is 2. The number of hydrogen-bond donors (Lipinski definition) is 0. The molecule has 3 nitrogen and oxygen atoms in total. The van der Waals surface area contributed by atoms with Gasteiger partial charge in [-0.3, -0.25) is 0 Å². The molecule has 1 fully saturated rings. The van der Waals surface area contributed by atoms with E-state index in [-0.39, 0.29) is 0 Å². The van der Waals surface area contributed by atoms with Crippen molar-refractivity contribution in [1.82, 2.24) is 0 Å². The number of nitrogens with zero attached hydrogens (tertiary/aromatic N) is 2. The number of benzene rings is 3. The Hall–Kier alpha value is -3.90. The number of nitriles is 1. The monoisotopic (exact) mass is 485 g/mol. The first-order valence-corrected chi connectivity index (χ1v) is 13.4. The van der Waals surface area contributed by atoms with E-state index >= 15 is 0 Å². The summed E-state index contributed by atoms with van der Waals surface area (Å²) < 4.78 is 9.12. The molecule has 0 N–H and O–H groups in total. The number of furan rings is 1. The summed E-state index contributed by atoms with van der Waals surface area (Å²) in [5.41, 5.74) is 12.2. The van der Waals surface area contributed by atoms with Crippen molar-refractivity contribution >= 4 is 21.9 Å². The SMILES string of the molecule is Cc1ccc2c(oc3c(-c4ccccc4)cc(C#N)cc32)c1-c1cc(C2CCCCC2)c(C)c(C)[n+]1C. The molecule has 1 aliphatic rings. The Labute approximate surface area is 219 Å². The third-order valence-corrected chi connectivity index (χ3v) is 8.60. The highest BCUT2D eigenvalue weighted by atomic mass is 16.3. The number of pyridine rings is 1. The van der Waals surface area contributed by atoms with Crippen molar-refractivity contribution < 1.29 is 8.98 Å². The van der Waals surface area contributed by atoms with Crippen LogP contribution in [0.1, 0.15) is 66.0 Å². The van der Waals surface area contributed by atoms with Crippen LogP contribution in [0.2, 0.25) is 0 Å². The van der Waals surface area contributed by atoms with Crippen LogP contribution < -0.4 is 4.57 Å². The van der Waals surface area contributed by atoms with Crippen molar-refractivity contribution in [2.45, 2.75) is 58.8 Å². The second-order valence-electron chi connectivity index (χ2n) is 10.7. The molecule has 0 atom stereocenters. The minimum Gasteiger partial charge on any atom is -0.454 e. The molecule has 2 heterocycles. The summed E-state index contributed by atoms with van der Waals surface area (Å²) in [4.78, 5) is 0. The lowest BCUT2D eigenvalue weighted by molar-refractivity contribution is -0.667. The molecule has 0 saturated heterocycles. The van der Waals surface area contributed by atoms with Crippen molar-refractivity contribution in [3.8, 4) is 28.5 Å². The topological polar surface area (TPSA) is 40.8 Å². The zero-order chi connectivity index (χ0) is 25.7. The number of aromatic nitrogens is 1. The second kappa shape index (κ2) is 9.20. The molecule has 1 aliphatic carbocycles. The first kappa shape index (κ1) is 23.5. The van der Waals surface area contributed by atoms with E-state index in [1.165, 1.54) is 60.2 Å². The summed E-state index contributed by atoms with van der Waals surface area (Å²) in [5, 5.41) is 11.9. The Bertz CT molecular complexity index is 1700. The van der Waals surface area contributed by atoms with Crippen LogP contribution in [0.3, 0.4) is 0 Å². The summed E-state index contributed by atoms with van der Waals surface area (Å²) >= 11 is 0. The number of fused-ring (bicyclic) bond motifs is 3. The van der Waals surface area contributed by atoms with Gasteiger partial charge in [-0.25, -0.2) is 0 Å². The van der Waals surface area contributed by atoms with Crippen LogP contribution in [0.15, 0.2) is 65.1 Å². The zero-order valence-corrected chi connectivity index (χ0v) is 22.2. The molecular weight excluding hydrogens is 452 g/mol. The van der Waals surface area contributed by atoms with Crippen LogP contribution in [-0.4, -0.2) is 0 Å². The van der Waals surface area contributed by atoms with Crippen molar-refractivity contribution in [1.29, 1.82) is 5.26 Å². The van der Waals surface area contributed by atoms with Crippen LogP contribution in [0.5, 0.6) is 0 Å². The Morgan fingerprint density at radius 3 is 2.35 bits per heavy atom. The molecule has 0 aliphatic heterocycles. The average molecular weight is 486 g/mol. The maximum absolute atomic E-state index is 9.82. The fraction of sp³-hybridized carbons (Fsp3) is 0.294. The fourth-order valence-electron chi connectivity index (χ4n) is 6.33. The molecule has 0 amide bonds. The smallest absolute Gasteiger partial charge is 0.216 e. The Kier molecular flexibility index (Phi) is 5.84. The van der Waals surface area contributed by atoms with Gasteiger partial charge in [0.15, 0.2) is 5.69 Å². The van der Waals surface area contributed by atoms with Gasteiger partial charge in [0.25, 0.3) is 0 Å². The predicted octanol–water partition coefficient (Wildman–Crippen LogP) is 8.59. The summed E-state index contributed by atoms with van der Waals surface area (Å²) in [6, 6.07) is 23.3. The molecule has 2 aromatic heterocycles. The molecule has 0 unspecified atom stereocenters. The molecule has 184 valence electrons. The van der Waals surface area contributed by atoms with Crippen molar-refractivity contribution in [2.24, 2.45) is 7.05 Å². The van der Waals surface area contributed by atoms with Crippen molar-refractivity contribution in [2.75, 3.05) is 0 Å². The number of rotatable bonds is 3. The van der Waals surface area contributed by atoms with Gasteiger partial charge in [-0.05, 0) is 61.4 Å². The normalized spacial score (nSPS) is 14.4. The molecule has 37 heavy (non-hydrogen) atoms. The van der Waals surface area contributed by atoms with E-state index in [4.69, 9.17) is 4.42 Å². The lowest BCUT2D eigenvalue weighted by Gasteiger charge is -2.24. The highest BCUT2D eigenvalue weighted by Gasteiger charge is 2.28.